The first kappa shape index (κ1) is 17.5. The van der Waals surface area contributed by atoms with E-state index in [1.807, 2.05) is 0 Å². The fourth-order valence-corrected chi connectivity index (χ4v) is 2.65. The summed E-state index contributed by atoms with van der Waals surface area (Å²) >= 11 is 0. The van der Waals surface area contributed by atoms with Crippen LogP contribution in [0.5, 0.6) is 0 Å². The van der Waals surface area contributed by atoms with Gasteiger partial charge < -0.3 is 5.32 Å². The van der Waals surface area contributed by atoms with Gasteiger partial charge in [-0.3, -0.25) is 14.2 Å². The minimum absolute atomic E-state index is 0.00614. The van der Waals surface area contributed by atoms with Gasteiger partial charge in [-0.15, -0.1) is 5.10 Å². The van der Waals surface area contributed by atoms with Crippen LogP contribution in [0.2, 0.25) is 0 Å². The second-order valence-corrected chi connectivity index (χ2v) is 5.86. The Labute approximate surface area is 156 Å². The van der Waals surface area contributed by atoms with Crippen molar-refractivity contribution in [1.82, 2.24) is 24.5 Å². The molecule has 8 nitrogen and oxygen atoms in total. The zero-order chi connectivity index (χ0) is 19.7. The highest BCUT2D eigenvalue weighted by molar-refractivity contribution is 5.90. The number of amides is 1. The van der Waals surface area contributed by atoms with Crippen molar-refractivity contribution in [3.63, 3.8) is 0 Å². The van der Waals surface area contributed by atoms with Crippen LogP contribution in [-0.2, 0) is 11.3 Å². The number of carbonyl (C=O) groups excluding carboxylic acids is 1. The number of hydrogen-bond donors (Lipinski definition) is 1. The maximum Gasteiger partial charge on any atom is 0.284 e. The predicted molar refractivity (Wildman–Crippen MR) is 95.9 cm³/mol. The third-order valence-electron chi connectivity index (χ3n) is 3.94. The molecule has 0 spiro atoms. The van der Waals surface area contributed by atoms with Gasteiger partial charge in [-0.2, -0.15) is 4.68 Å². The van der Waals surface area contributed by atoms with Crippen molar-refractivity contribution in [2.45, 2.75) is 6.54 Å². The zero-order valence-electron chi connectivity index (χ0n) is 14.2. The molecule has 0 atom stereocenters. The summed E-state index contributed by atoms with van der Waals surface area (Å²) in [6.07, 6.45) is 1.16. The minimum Gasteiger partial charge on any atom is -0.322 e. The predicted octanol–water partition coefficient (Wildman–Crippen LogP) is 1.89. The van der Waals surface area contributed by atoms with Crippen LogP contribution in [0.25, 0.3) is 16.9 Å². The summed E-state index contributed by atoms with van der Waals surface area (Å²) in [6, 6.07) is 11.3. The largest absolute Gasteiger partial charge is 0.322 e. The molecule has 0 radical (unpaired) electrons. The van der Waals surface area contributed by atoms with Gasteiger partial charge in [-0.1, -0.05) is 23.4 Å². The van der Waals surface area contributed by atoms with Crippen LogP contribution >= 0.6 is 0 Å². The molecule has 4 aromatic rings. The first-order valence-electron chi connectivity index (χ1n) is 8.14. The standard InChI is InChI=1S/C18H12F2N6O2/c19-11-4-3-5-12(8-11)26-17-16(23-24-26)18(28)25(10-21-17)9-15(27)22-14-7-2-1-6-13(14)20/h1-8,10H,9H2,(H,22,27). The Hall–Kier alpha value is -3.95. The third-order valence-corrected chi connectivity index (χ3v) is 3.94. The molecular formula is C18H12F2N6O2. The number of fused-ring (bicyclic) bond motifs is 1. The van der Waals surface area contributed by atoms with E-state index < -0.39 is 23.1 Å². The lowest BCUT2D eigenvalue weighted by Gasteiger charge is -2.08. The van der Waals surface area contributed by atoms with E-state index in [2.05, 4.69) is 20.6 Å². The molecule has 0 fully saturated rings. The van der Waals surface area contributed by atoms with Crippen LogP contribution < -0.4 is 10.9 Å². The Morgan fingerprint density at radius 3 is 2.71 bits per heavy atom. The van der Waals surface area contributed by atoms with E-state index >= 15 is 0 Å². The van der Waals surface area contributed by atoms with Gasteiger partial charge in [0.25, 0.3) is 5.56 Å². The molecular weight excluding hydrogens is 370 g/mol. The molecule has 2 heterocycles. The number of aromatic nitrogens is 5. The average Bonchev–Trinajstić information content (AvgIpc) is 3.11. The highest BCUT2D eigenvalue weighted by atomic mass is 19.1. The van der Waals surface area contributed by atoms with Gasteiger partial charge in [-0.05, 0) is 30.3 Å². The summed E-state index contributed by atoms with van der Waals surface area (Å²) in [5.74, 6) is -1.67. The third kappa shape index (κ3) is 3.22. The SMILES string of the molecule is O=C(Cn1cnc2c(nnn2-c2cccc(F)c2)c1=O)Nc1ccccc1F. The van der Waals surface area contributed by atoms with Crippen molar-refractivity contribution < 1.29 is 13.6 Å². The van der Waals surface area contributed by atoms with E-state index in [9.17, 15) is 18.4 Å². The number of para-hydroxylation sites is 1. The highest BCUT2D eigenvalue weighted by Crippen LogP contribution is 2.14. The Morgan fingerprint density at radius 1 is 1.11 bits per heavy atom. The van der Waals surface area contributed by atoms with E-state index in [0.717, 1.165) is 10.9 Å². The number of carbonyl (C=O) groups is 1. The van der Waals surface area contributed by atoms with Crippen molar-refractivity contribution in [2.75, 3.05) is 5.32 Å². The average molecular weight is 382 g/mol. The molecule has 140 valence electrons. The molecule has 10 heteroatoms. The van der Waals surface area contributed by atoms with Crippen LogP contribution in [-0.4, -0.2) is 30.5 Å². The van der Waals surface area contributed by atoms with Crippen molar-refractivity contribution >= 4 is 22.8 Å². The zero-order valence-corrected chi connectivity index (χ0v) is 14.2. The molecule has 0 aliphatic rings. The van der Waals surface area contributed by atoms with Crippen molar-refractivity contribution in [3.8, 4) is 5.69 Å². The Balaban J connectivity index is 1.63. The van der Waals surface area contributed by atoms with Gasteiger partial charge >= 0.3 is 0 Å². The van der Waals surface area contributed by atoms with Crippen LogP contribution in [0.15, 0.2) is 59.7 Å². The fraction of sp³-hybridized carbons (Fsp3) is 0.0556. The monoisotopic (exact) mass is 382 g/mol. The first-order valence-corrected chi connectivity index (χ1v) is 8.14. The second kappa shape index (κ2) is 6.99. The van der Waals surface area contributed by atoms with Crippen molar-refractivity contribution in [1.29, 1.82) is 0 Å². The van der Waals surface area contributed by atoms with Gasteiger partial charge in [0.15, 0.2) is 11.2 Å². The van der Waals surface area contributed by atoms with E-state index in [1.54, 1.807) is 12.1 Å². The fourth-order valence-electron chi connectivity index (χ4n) is 2.65. The molecule has 2 aromatic heterocycles. The summed E-state index contributed by atoms with van der Waals surface area (Å²) in [6.45, 7) is -0.386. The normalized spacial score (nSPS) is 10.9. The van der Waals surface area contributed by atoms with Gasteiger partial charge in [0.05, 0.1) is 11.4 Å². The number of nitrogens with zero attached hydrogens (tertiary/aromatic N) is 5. The highest BCUT2D eigenvalue weighted by Gasteiger charge is 2.15. The second-order valence-electron chi connectivity index (χ2n) is 5.86. The van der Waals surface area contributed by atoms with Crippen molar-refractivity contribution in [3.05, 3.63) is 76.8 Å². The number of hydrogen-bond acceptors (Lipinski definition) is 5. The Kier molecular flexibility index (Phi) is 4.36. The van der Waals surface area contributed by atoms with Gasteiger partial charge in [0.2, 0.25) is 5.91 Å². The molecule has 0 saturated heterocycles. The molecule has 1 amide bonds. The summed E-state index contributed by atoms with van der Waals surface area (Å²) in [7, 11) is 0. The lowest BCUT2D eigenvalue weighted by atomic mass is 10.3. The lowest BCUT2D eigenvalue weighted by molar-refractivity contribution is -0.116. The lowest BCUT2D eigenvalue weighted by Crippen LogP contribution is -2.28. The van der Waals surface area contributed by atoms with Gasteiger partial charge in [-0.25, -0.2) is 13.8 Å². The number of rotatable bonds is 4. The van der Waals surface area contributed by atoms with Crippen LogP contribution in [0.3, 0.4) is 0 Å². The Bertz CT molecular complexity index is 1250. The Morgan fingerprint density at radius 2 is 1.93 bits per heavy atom. The van der Waals surface area contributed by atoms with E-state index in [4.69, 9.17) is 0 Å². The molecule has 0 aliphatic heterocycles. The maximum absolute atomic E-state index is 13.6. The molecule has 0 unspecified atom stereocenters. The van der Waals surface area contributed by atoms with Crippen LogP contribution in [0, 0.1) is 11.6 Å². The number of anilines is 1. The molecule has 0 bridgehead atoms. The van der Waals surface area contributed by atoms with E-state index in [1.165, 1.54) is 41.1 Å². The molecule has 1 N–H and O–H groups in total. The molecule has 2 aromatic carbocycles. The smallest absolute Gasteiger partial charge is 0.284 e. The molecule has 0 aliphatic carbocycles. The maximum atomic E-state index is 13.6. The summed E-state index contributed by atoms with van der Waals surface area (Å²) in [5.41, 5.74) is -0.195. The number of halogens is 2. The summed E-state index contributed by atoms with van der Waals surface area (Å²) in [5, 5.41) is 10.0. The van der Waals surface area contributed by atoms with Gasteiger partial charge in [0.1, 0.15) is 24.5 Å². The summed E-state index contributed by atoms with van der Waals surface area (Å²) < 4.78 is 29.3. The molecule has 4 rings (SSSR count). The summed E-state index contributed by atoms with van der Waals surface area (Å²) in [4.78, 5) is 28.8. The van der Waals surface area contributed by atoms with E-state index in [0.29, 0.717) is 5.69 Å². The topological polar surface area (TPSA) is 94.7 Å². The first-order chi connectivity index (χ1) is 13.5. The van der Waals surface area contributed by atoms with Crippen molar-refractivity contribution in [2.24, 2.45) is 0 Å². The van der Waals surface area contributed by atoms with E-state index in [-0.39, 0.29) is 23.4 Å². The van der Waals surface area contributed by atoms with Gasteiger partial charge in [0, 0.05) is 0 Å². The minimum atomic E-state index is -0.606. The molecule has 0 saturated carbocycles. The molecule has 28 heavy (non-hydrogen) atoms. The van der Waals surface area contributed by atoms with Crippen LogP contribution in [0.4, 0.5) is 14.5 Å². The number of nitrogens with one attached hydrogen (secondary N) is 1. The number of benzene rings is 2. The quantitative estimate of drug-likeness (QED) is 0.582. The van der Waals surface area contributed by atoms with Crippen LogP contribution in [0.1, 0.15) is 0 Å².